The highest BCUT2D eigenvalue weighted by Gasteiger charge is 2.57. The van der Waals surface area contributed by atoms with Crippen molar-refractivity contribution in [3.63, 3.8) is 0 Å². The molecular weight excluding hydrogens is 320 g/mol. The van der Waals surface area contributed by atoms with Crippen molar-refractivity contribution in [1.29, 1.82) is 0 Å². The van der Waals surface area contributed by atoms with Crippen molar-refractivity contribution in [3.05, 3.63) is 11.7 Å². The Morgan fingerprint density at radius 2 is 1.57 bits per heavy atom. The minimum atomic E-state index is -2.28. The van der Waals surface area contributed by atoms with Crippen LogP contribution < -0.4 is 0 Å². The lowest BCUT2D eigenvalue weighted by molar-refractivity contribution is -0.289. The van der Waals surface area contributed by atoms with E-state index >= 15 is 0 Å². The molecule has 0 aromatic carbocycles. The average molecular weight is 340 g/mol. The predicted octanol–water partition coefficient (Wildman–Crippen LogP) is -4.36. The van der Waals surface area contributed by atoms with Gasteiger partial charge in [-0.1, -0.05) is 0 Å². The molecule has 1 fully saturated rings. The van der Waals surface area contributed by atoms with E-state index in [0.717, 1.165) is 0 Å². The van der Waals surface area contributed by atoms with Crippen LogP contribution in [0.1, 0.15) is 0 Å². The van der Waals surface area contributed by atoms with Gasteiger partial charge in [0.25, 0.3) is 5.79 Å². The molecule has 0 aromatic rings. The van der Waals surface area contributed by atoms with E-state index in [1.165, 1.54) is 0 Å². The molecule has 2 heterocycles. The molecule has 11 nitrogen and oxygen atoms in total. The number of hydrogen-bond acceptors (Lipinski definition) is 11. The Morgan fingerprint density at radius 3 is 2.04 bits per heavy atom. The lowest BCUT2D eigenvalue weighted by Gasteiger charge is -2.36. The number of aliphatic hydroxyl groups excluding tert-OH is 8. The Bertz CT molecular complexity index is 454. The van der Waals surface area contributed by atoms with Crippen LogP contribution in [0, 0.1) is 0 Å². The molecule has 0 spiro atoms. The molecule has 1 saturated heterocycles. The SMILES string of the molecule is OC[C@H]1OC(CO)(OC2=C(O)[C@@H](O)[C@H](O)[C@@H](CO)O2)[C@@H](O)[C@@H]1O. The maximum absolute atomic E-state index is 9.98. The van der Waals surface area contributed by atoms with E-state index in [9.17, 15) is 30.6 Å². The average Bonchev–Trinajstić information content (AvgIpc) is 2.80. The highest BCUT2D eigenvalue weighted by Crippen LogP contribution is 2.36. The Balaban J connectivity index is 2.28. The standard InChI is InChI=1S/C12H20O11/c13-1-4-6(16)8(18)9(19)11(21-4)23-12(3-15)10(20)7(17)5(2-14)22-12/h4-8,10,13-20H,1-3H2/t4-,5-,6-,7-,8+,10+,12?/m1/s1. The first kappa shape index (κ1) is 18.2. The van der Waals surface area contributed by atoms with E-state index in [-0.39, 0.29) is 0 Å². The van der Waals surface area contributed by atoms with Gasteiger partial charge in [-0.25, -0.2) is 0 Å². The summed E-state index contributed by atoms with van der Waals surface area (Å²) < 4.78 is 15.2. The van der Waals surface area contributed by atoms with Gasteiger partial charge >= 0.3 is 5.95 Å². The van der Waals surface area contributed by atoms with E-state index < -0.39 is 73.9 Å². The fraction of sp³-hybridized carbons (Fsp3) is 0.833. The summed E-state index contributed by atoms with van der Waals surface area (Å²) in [5.41, 5.74) is 0. The molecule has 1 unspecified atom stereocenters. The lowest BCUT2D eigenvalue weighted by atomic mass is 10.0. The van der Waals surface area contributed by atoms with E-state index in [4.69, 9.17) is 24.4 Å². The third kappa shape index (κ3) is 2.97. The van der Waals surface area contributed by atoms with E-state index in [1.807, 2.05) is 0 Å². The third-order valence-electron chi connectivity index (χ3n) is 3.80. The van der Waals surface area contributed by atoms with Crippen LogP contribution in [0.15, 0.2) is 11.7 Å². The Kier molecular flexibility index (Phi) is 5.33. The molecule has 134 valence electrons. The zero-order valence-corrected chi connectivity index (χ0v) is 11.9. The molecule has 0 amide bonds. The molecule has 2 aliphatic rings. The monoisotopic (exact) mass is 340 g/mol. The second kappa shape index (κ2) is 6.75. The summed E-state index contributed by atoms with van der Waals surface area (Å²) in [5, 5.41) is 76.4. The summed E-state index contributed by atoms with van der Waals surface area (Å²) in [7, 11) is 0. The van der Waals surface area contributed by atoms with Gasteiger partial charge in [-0.3, -0.25) is 0 Å². The Morgan fingerprint density at radius 1 is 0.957 bits per heavy atom. The van der Waals surface area contributed by atoms with Crippen LogP contribution in [0.4, 0.5) is 0 Å². The van der Waals surface area contributed by atoms with Gasteiger partial charge in [0.2, 0.25) is 5.76 Å². The first-order valence-electron chi connectivity index (χ1n) is 6.82. The number of aliphatic hydroxyl groups is 8. The molecule has 0 saturated carbocycles. The molecule has 8 N–H and O–H groups in total. The highest BCUT2D eigenvalue weighted by atomic mass is 16.8. The normalized spacial score (nSPS) is 44.3. The van der Waals surface area contributed by atoms with Gasteiger partial charge in [0.1, 0.15) is 31.0 Å². The summed E-state index contributed by atoms with van der Waals surface area (Å²) in [6.07, 6.45) is -9.50. The van der Waals surface area contributed by atoms with Crippen LogP contribution >= 0.6 is 0 Å². The molecular formula is C12H20O11. The van der Waals surface area contributed by atoms with Crippen molar-refractivity contribution in [2.45, 2.75) is 42.4 Å². The molecule has 0 aliphatic carbocycles. The summed E-state index contributed by atoms with van der Waals surface area (Å²) >= 11 is 0. The number of hydrogen-bond donors (Lipinski definition) is 8. The van der Waals surface area contributed by atoms with Gasteiger partial charge in [0.15, 0.2) is 12.2 Å². The fourth-order valence-corrected chi connectivity index (χ4v) is 2.38. The van der Waals surface area contributed by atoms with Gasteiger partial charge in [-0.15, -0.1) is 0 Å². The van der Waals surface area contributed by atoms with Gasteiger partial charge in [-0.05, 0) is 0 Å². The molecule has 23 heavy (non-hydrogen) atoms. The predicted molar refractivity (Wildman–Crippen MR) is 68.5 cm³/mol. The summed E-state index contributed by atoms with van der Waals surface area (Å²) in [6.45, 7) is -2.41. The van der Waals surface area contributed by atoms with Crippen LogP contribution in [0.5, 0.6) is 0 Å². The van der Waals surface area contributed by atoms with Gasteiger partial charge in [0, 0.05) is 0 Å². The Hall–Kier alpha value is -1.18. The molecule has 0 radical (unpaired) electrons. The maximum Gasteiger partial charge on any atom is 0.324 e. The third-order valence-corrected chi connectivity index (χ3v) is 3.80. The van der Waals surface area contributed by atoms with Gasteiger partial charge in [-0.2, -0.15) is 0 Å². The first-order valence-corrected chi connectivity index (χ1v) is 6.82. The van der Waals surface area contributed by atoms with Crippen molar-refractivity contribution in [2.24, 2.45) is 0 Å². The van der Waals surface area contributed by atoms with E-state index in [0.29, 0.717) is 0 Å². The first-order chi connectivity index (χ1) is 10.8. The number of ether oxygens (including phenoxy) is 3. The van der Waals surface area contributed by atoms with Crippen LogP contribution in [0.25, 0.3) is 0 Å². The summed E-state index contributed by atoms with van der Waals surface area (Å²) in [6, 6.07) is 0. The largest absolute Gasteiger partial charge is 0.504 e. The highest BCUT2D eigenvalue weighted by molar-refractivity contribution is 5.10. The van der Waals surface area contributed by atoms with Crippen LogP contribution in [0.3, 0.4) is 0 Å². The van der Waals surface area contributed by atoms with Crippen molar-refractivity contribution < 1.29 is 55.1 Å². The summed E-state index contributed by atoms with van der Waals surface area (Å²) in [4.78, 5) is 0. The van der Waals surface area contributed by atoms with Crippen molar-refractivity contribution in [1.82, 2.24) is 0 Å². The maximum atomic E-state index is 9.98. The van der Waals surface area contributed by atoms with Crippen molar-refractivity contribution >= 4 is 0 Å². The fourth-order valence-electron chi connectivity index (χ4n) is 2.38. The molecule has 0 bridgehead atoms. The van der Waals surface area contributed by atoms with E-state index in [2.05, 4.69) is 0 Å². The van der Waals surface area contributed by atoms with Crippen LogP contribution in [-0.4, -0.2) is 103 Å². The van der Waals surface area contributed by atoms with Gasteiger partial charge in [0.05, 0.1) is 13.2 Å². The second-order valence-electron chi connectivity index (χ2n) is 5.29. The summed E-state index contributed by atoms with van der Waals surface area (Å²) in [5.74, 6) is -4.04. The smallest absolute Gasteiger partial charge is 0.324 e. The van der Waals surface area contributed by atoms with Crippen LogP contribution in [-0.2, 0) is 14.2 Å². The molecule has 7 atom stereocenters. The van der Waals surface area contributed by atoms with Crippen molar-refractivity contribution in [3.8, 4) is 0 Å². The van der Waals surface area contributed by atoms with Crippen LogP contribution in [0.2, 0.25) is 0 Å². The minimum Gasteiger partial charge on any atom is -0.504 e. The lowest BCUT2D eigenvalue weighted by Crippen LogP contribution is -2.52. The zero-order chi connectivity index (χ0) is 17.4. The Labute approximate surface area is 130 Å². The molecule has 2 aliphatic heterocycles. The molecule has 0 aromatic heterocycles. The van der Waals surface area contributed by atoms with E-state index in [1.54, 1.807) is 0 Å². The topological polar surface area (TPSA) is 190 Å². The minimum absolute atomic E-state index is 0.685. The van der Waals surface area contributed by atoms with Crippen molar-refractivity contribution in [2.75, 3.05) is 19.8 Å². The second-order valence-corrected chi connectivity index (χ2v) is 5.29. The molecule has 2 rings (SSSR count). The molecule has 11 heteroatoms. The zero-order valence-electron chi connectivity index (χ0n) is 11.9. The quantitative estimate of drug-likeness (QED) is 0.241. The number of rotatable bonds is 5. The van der Waals surface area contributed by atoms with Gasteiger partial charge < -0.3 is 55.1 Å².